The summed E-state index contributed by atoms with van der Waals surface area (Å²) in [5.41, 5.74) is 0.796. The predicted octanol–water partition coefficient (Wildman–Crippen LogP) is 3.61. The molecular weight excluding hydrogens is 297 g/mol. The molecular formula is C15H11Cl2NO2. The van der Waals surface area contributed by atoms with Gasteiger partial charge in [-0.15, -0.1) is 0 Å². The minimum absolute atomic E-state index is 0.0916. The van der Waals surface area contributed by atoms with E-state index in [9.17, 15) is 9.59 Å². The zero-order chi connectivity index (χ0) is 14.5. The molecule has 20 heavy (non-hydrogen) atoms. The summed E-state index contributed by atoms with van der Waals surface area (Å²) in [6.45, 7) is -0.0916. The molecule has 0 aliphatic rings. The first-order valence-corrected chi connectivity index (χ1v) is 6.65. The zero-order valence-corrected chi connectivity index (χ0v) is 11.9. The highest BCUT2D eigenvalue weighted by molar-refractivity contribution is 6.35. The summed E-state index contributed by atoms with van der Waals surface area (Å²) in [4.78, 5) is 23.8. The van der Waals surface area contributed by atoms with Crippen LogP contribution in [-0.2, 0) is 0 Å². The number of amides is 1. The molecule has 0 saturated carbocycles. The molecule has 102 valence electrons. The van der Waals surface area contributed by atoms with Crippen LogP contribution in [0.4, 0.5) is 0 Å². The highest BCUT2D eigenvalue weighted by atomic mass is 35.5. The molecule has 0 atom stereocenters. The van der Waals surface area contributed by atoms with Crippen molar-refractivity contribution < 1.29 is 9.59 Å². The van der Waals surface area contributed by atoms with Gasteiger partial charge in [0.15, 0.2) is 5.78 Å². The zero-order valence-electron chi connectivity index (χ0n) is 10.4. The molecule has 2 aromatic rings. The summed E-state index contributed by atoms with van der Waals surface area (Å²) >= 11 is 11.7. The molecule has 0 spiro atoms. The van der Waals surface area contributed by atoms with Crippen molar-refractivity contribution in [3.8, 4) is 0 Å². The lowest BCUT2D eigenvalue weighted by atomic mass is 10.1. The maximum atomic E-state index is 11.9. The molecule has 0 aliphatic heterocycles. The van der Waals surface area contributed by atoms with E-state index in [1.54, 1.807) is 30.3 Å². The Bertz CT molecular complexity index is 642. The summed E-state index contributed by atoms with van der Waals surface area (Å²) in [6.07, 6.45) is 0. The first-order chi connectivity index (χ1) is 9.58. The van der Waals surface area contributed by atoms with Gasteiger partial charge in [0.1, 0.15) is 0 Å². The van der Waals surface area contributed by atoms with Crippen molar-refractivity contribution in [2.45, 2.75) is 0 Å². The second-order valence-corrected chi connectivity index (χ2v) is 4.94. The number of hydrogen-bond donors (Lipinski definition) is 1. The van der Waals surface area contributed by atoms with Crippen LogP contribution in [0.5, 0.6) is 0 Å². The van der Waals surface area contributed by atoms with Crippen molar-refractivity contribution in [2.75, 3.05) is 6.54 Å². The van der Waals surface area contributed by atoms with Crippen molar-refractivity contribution in [3.05, 3.63) is 69.7 Å². The van der Waals surface area contributed by atoms with E-state index in [-0.39, 0.29) is 17.9 Å². The smallest absolute Gasteiger partial charge is 0.253 e. The third-order valence-electron chi connectivity index (χ3n) is 2.68. The number of hydrogen-bond acceptors (Lipinski definition) is 2. The molecule has 0 heterocycles. The maximum Gasteiger partial charge on any atom is 0.253 e. The Hall–Kier alpha value is -1.84. The first-order valence-electron chi connectivity index (χ1n) is 5.89. The lowest BCUT2D eigenvalue weighted by molar-refractivity contribution is 0.0904. The highest BCUT2D eigenvalue weighted by Crippen LogP contribution is 2.20. The SMILES string of the molecule is O=C(CNC(=O)c1cc(Cl)ccc1Cl)c1ccccc1. The summed E-state index contributed by atoms with van der Waals surface area (Å²) in [7, 11) is 0. The van der Waals surface area contributed by atoms with E-state index in [0.29, 0.717) is 15.6 Å². The Balaban J connectivity index is 2.02. The molecule has 3 nitrogen and oxygen atoms in total. The summed E-state index contributed by atoms with van der Waals surface area (Å²) in [5, 5.41) is 3.24. The minimum Gasteiger partial charge on any atom is -0.345 e. The second-order valence-electron chi connectivity index (χ2n) is 4.10. The van der Waals surface area contributed by atoms with Gasteiger partial charge in [0, 0.05) is 10.6 Å². The molecule has 0 aromatic heterocycles. The molecule has 1 amide bonds. The van der Waals surface area contributed by atoms with Crippen LogP contribution >= 0.6 is 23.2 Å². The van der Waals surface area contributed by atoms with Gasteiger partial charge in [0.05, 0.1) is 17.1 Å². The first kappa shape index (κ1) is 14.6. The Kier molecular flexibility index (Phi) is 4.77. The number of halogens is 2. The van der Waals surface area contributed by atoms with Gasteiger partial charge in [0.25, 0.3) is 5.91 Å². The Morgan fingerprint density at radius 1 is 1.00 bits per heavy atom. The van der Waals surface area contributed by atoms with Gasteiger partial charge in [-0.1, -0.05) is 53.5 Å². The molecule has 0 radical (unpaired) electrons. The van der Waals surface area contributed by atoms with Gasteiger partial charge in [-0.25, -0.2) is 0 Å². The molecule has 0 unspecified atom stereocenters. The van der Waals surface area contributed by atoms with E-state index in [0.717, 1.165) is 0 Å². The number of ketones is 1. The quantitative estimate of drug-likeness (QED) is 0.877. The number of benzene rings is 2. The van der Waals surface area contributed by atoms with Gasteiger partial charge in [-0.05, 0) is 18.2 Å². The average molecular weight is 308 g/mol. The summed E-state index contributed by atoms with van der Waals surface area (Å²) in [6, 6.07) is 13.3. The normalized spacial score (nSPS) is 10.1. The molecule has 2 rings (SSSR count). The summed E-state index contributed by atoms with van der Waals surface area (Å²) in [5.74, 6) is -0.598. The standard InChI is InChI=1S/C15H11Cl2NO2/c16-11-6-7-13(17)12(8-11)15(20)18-9-14(19)10-4-2-1-3-5-10/h1-8H,9H2,(H,18,20). The fourth-order valence-electron chi connectivity index (χ4n) is 1.65. The van der Waals surface area contributed by atoms with E-state index < -0.39 is 5.91 Å². The number of Topliss-reactive ketones (excluding diaryl/α,β-unsaturated/α-hetero) is 1. The van der Waals surface area contributed by atoms with Crippen molar-refractivity contribution in [1.29, 1.82) is 0 Å². The van der Waals surface area contributed by atoms with E-state index >= 15 is 0 Å². The molecule has 0 fully saturated rings. The van der Waals surface area contributed by atoms with Gasteiger partial charge >= 0.3 is 0 Å². The molecule has 0 aliphatic carbocycles. The van der Waals surface area contributed by atoms with Gasteiger partial charge in [-0.2, -0.15) is 0 Å². The van der Waals surface area contributed by atoms with Gasteiger partial charge in [-0.3, -0.25) is 9.59 Å². The Morgan fingerprint density at radius 2 is 1.70 bits per heavy atom. The van der Waals surface area contributed by atoms with Crippen LogP contribution in [0.15, 0.2) is 48.5 Å². The molecule has 0 bridgehead atoms. The molecule has 0 saturated heterocycles. The third-order valence-corrected chi connectivity index (χ3v) is 3.24. The van der Waals surface area contributed by atoms with Crippen LogP contribution < -0.4 is 5.32 Å². The minimum atomic E-state index is -0.429. The molecule has 2 aromatic carbocycles. The molecule has 5 heteroatoms. The summed E-state index contributed by atoms with van der Waals surface area (Å²) < 4.78 is 0. The number of carbonyl (C=O) groups is 2. The van der Waals surface area contributed by atoms with Crippen molar-refractivity contribution in [1.82, 2.24) is 5.32 Å². The number of nitrogens with one attached hydrogen (secondary N) is 1. The van der Waals surface area contributed by atoms with Crippen LogP contribution in [-0.4, -0.2) is 18.2 Å². The lowest BCUT2D eigenvalue weighted by Crippen LogP contribution is -2.29. The van der Waals surface area contributed by atoms with Gasteiger partial charge < -0.3 is 5.32 Å². The monoisotopic (exact) mass is 307 g/mol. The predicted molar refractivity (Wildman–Crippen MR) is 79.6 cm³/mol. The van der Waals surface area contributed by atoms with Crippen molar-refractivity contribution in [3.63, 3.8) is 0 Å². The number of carbonyl (C=O) groups excluding carboxylic acids is 2. The van der Waals surface area contributed by atoms with Crippen LogP contribution in [0.2, 0.25) is 10.0 Å². The maximum absolute atomic E-state index is 11.9. The third kappa shape index (κ3) is 3.59. The highest BCUT2D eigenvalue weighted by Gasteiger charge is 2.13. The van der Waals surface area contributed by atoms with E-state index in [4.69, 9.17) is 23.2 Å². The van der Waals surface area contributed by atoms with Crippen molar-refractivity contribution >= 4 is 34.9 Å². The van der Waals surface area contributed by atoms with Crippen LogP contribution in [0, 0.1) is 0 Å². The van der Waals surface area contributed by atoms with E-state index in [2.05, 4.69) is 5.32 Å². The van der Waals surface area contributed by atoms with E-state index in [1.165, 1.54) is 12.1 Å². The number of rotatable bonds is 4. The largest absolute Gasteiger partial charge is 0.345 e. The Morgan fingerprint density at radius 3 is 2.40 bits per heavy atom. The Labute approximate surface area is 126 Å². The van der Waals surface area contributed by atoms with Crippen LogP contribution in [0.3, 0.4) is 0 Å². The van der Waals surface area contributed by atoms with Crippen molar-refractivity contribution in [2.24, 2.45) is 0 Å². The van der Waals surface area contributed by atoms with E-state index in [1.807, 2.05) is 6.07 Å². The van der Waals surface area contributed by atoms with Crippen LogP contribution in [0.25, 0.3) is 0 Å². The van der Waals surface area contributed by atoms with Crippen LogP contribution in [0.1, 0.15) is 20.7 Å². The second kappa shape index (κ2) is 6.55. The topological polar surface area (TPSA) is 46.2 Å². The lowest BCUT2D eigenvalue weighted by Gasteiger charge is -2.06. The van der Waals surface area contributed by atoms with Gasteiger partial charge in [0.2, 0.25) is 0 Å². The molecule has 1 N–H and O–H groups in total. The fraction of sp³-hybridized carbons (Fsp3) is 0.0667. The fourth-order valence-corrected chi connectivity index (χ4v) is 2.03. The average Bonchev–Trinajstić information content (AvgIpc) is 2.47.